The van der Waals surface area contributed by atoms with Crippen LogP contribution < -0.4 is 10.5 Å². The standard InChI is InChI=1S/C30H26ClF2N5O2S/c31-25-23(17-1-2-22(33)27-24(17)18(10-34)28(35)41-27)21-13-39-12-20(21)19-11-36-29(37-26(19)25)40-15-30(5-6-30)14-38-7-3-16(9-32)4-8-38/h1-2,9,11H,3-8,12-15,35H2. The minimum atomic E-state index is -0.442. The summed E-state index contributed by atoms with van der Waals surface area (Å²) in [6.45, 7) is 3.78. The number of rotatable bonds is 6. The van der Waals surface area contributed by atoms with E-state index in [1.165, 1.54) is 6.07 Å². The molecule has 7 nitrogen and oxygen atoms in total. The fourth-order valence-electron chi connectivity index (χ4n) is 6.08. The average Bonchev–Trinajstić information content (AvgIpc) is 3.41. The molecule has 7 rings (SSSR count). The van der Waals surface area contributed by atoms with Gasteiger partial charge >= 0.3 is 6.01 Å². The lowest BCUT2D eigenvalue weighted by Gasteiger charge is -2.31. The van der Waals surface area contributed by atoms with Gasteiger partial charge in [0.1, 0.15) is 16.9 Å². The van der Waals surface area contributed by atoms with Crippen molar-refractivity contribution in [1.82, 2.24) is 14.9 Å². The second-order valence-electron chi connectivity index (χ2n) is 11.1. The molecular weight excluding hydrogens is 568 g/mol. The van der Waals surface area contributed by atoms with Crippen LogP contribution in [0.25, 0.3) is 32.1 Å². The minimum Gasteiger partial charge on any atom is -0.463 e. The molecule has 1 saturated heterocycles. The van der Waals surface area contributed by atoms with Crippen molar-refractivity contribution in [1.29, 1.82) is 5.26 Å². The summed E-state index contributed by atoms with van der Waals surface area (Å²) in [5, 5.41) is 11.7. The van der Waals surface area contributed by atoms with Gasteiger partial charge in [-0.2, -0.15) is 10.2 Å². The van der Waals surface area contributed by atoms with Gasteiger partial charge in [0.2, 0.25) is 0 Å². The molecular formula is C30H26ClF2N5O2S. The molecule has 1 aliphatic carbocycles. The SMILES string of the molecule is N#Cc1c(N)sc2c(F)ccc(-c3c4c(c5cnc(OCC6(CN7CCC(=CF)CC7)CC6)nc5c3Cl)COC4)c12. The Hall–Kier alpha value is -3.36. The number of piperidine rings is 1. The van der Waals surface area contributed by atoms with Crippen LogP contribution in [0.1, 0.15) is 42.4 Å². The van der Waals surface area contributed by atoms with E-state index in [2.05, 4.69) is 16.0 Å². The number of hydrogen-bond acceptors (Lipinski definition) is 8. The Morgan fingerprint density at radius 1 is 1.24 bits per heavy atom. The van der Waals surface area contributed by atoms with Crippen LogP contribution in [-0.4, -0.2) is 41.1 Å². The molecule has 1 saturated carbocycles. The average molecular weight is 594 g/mol. The third-order valence-electron chi connectivity index (χ3n) is 8.55. The van der Waals surface area contributed by atoms with Gasteiger partial charge in [-0.15, -0.1) is 11.3 Å². The Morgan fingerprint density at radius 2 is 2.02 bits per heavy atom. The lowest BCUT2D eigenvalue weighted by molar-refractivity contribution is 0.135. The van der Waals surface area contributed by atoms with Crippen LogP contribution in [0.3, 0.4) is 0 Å². The zero-order valence-electron chi connectivity index (χ0n) is 22.1. The third-order valence-corrected chi connectivity index (χ3v) is 9.95. The van der Waals surface area contributed by atoms with Crippen LogP contribution in [0.4, 0.5) is 13.8 Å². The molecule has 2 N–H and O–H groups in total. The number of hydrogen-bond donors (Lipinski definition) is 1. The van der Waals surface area contributed by atoms with Crippen LogP contribution in [0, 0.1) is 22.6 Å². The van der Waals surface area contributed by atoms with Crippen molar-refractivity contribution in [2.24, 2.45) is 5.41 Å². The predicted octanol–water partition coefficient (Wildman–Crippen LogP) is 6.90. The maximum Gasteiger partial charge on any atom is 0.316 e. The molecule has 4 aromatic rings. The molecule has 2 aliphatic heterocycles. The quantitative estimate of drug-likeness (QED) is 0.260. The maximum atomic E-state index is 14.8. The summed E-state index contributed by atoms with van der Waals surface area (Å²) in [7, 11) is 0. The first-order chi connectivity index (χ1) is 19.9. The van der Waals surface area contributed by atoms with Crippen molar-refractivity contribution in [3.63, 3.8) is 0 Å². The Morgan fingerprint density at radius 3 is 2.76 bits per heavy atom. The van der Waals surface area contributed by atoms with E-state index in [1.54, 1.807) is 12.3 Å². The fraction of sp³-hybridized carbons (Fsp3) is 0.367. The number of fused-ring (bicyclic) bond motifs is 4. The van der Waals surface area contributed by atoms with Crippen LogP contribution in [-0.2, 0) is 18.0 Å². The second-order valence-corrected chi connectivity index (χ2v) is 12.6. The highest BCUT2D eigenvalue weighted by molar-refractivity contribution is 7.23. The molecule has 210 valence electrons. The number of aromatic nitrogens is 2. The molecule has 2 aromatic heterocycles. The highest BCUT2D eigenvalue weighted by atomic mass is 35.5. The highest BCUT2D eigenvalue weighted by Gasteiger charge is 2.45. The minimum absolute atomic E-state index is 0.0439. The first-order valence-corrected chi connectivity index (χ1v) is 14.7. The van der Waals surface area contributed by atoms with E-state index < -0.39 is 5.82 Å². The van der Waals surface area contributed by atoms with E-state index in [0.29, 0.717) is 51.6 Å². The third kappa shape index (κ3) is 4.52. The van der Waals surface area contributed by atoms with Gasteiger partial charge in [-0.25, -0.2) is 13.8 Å². The zero-order chi connectivity index (χ0) is 28.3. The van der Waals surface area contributed by atoms with Crippen LogP contribution >= 0.6 is 22.9 Å². The molecule has 0 amide bonds. The van der Waals surface area contributed by atoms with Crippen molar-refractivity contribution in [2.75, 3.05) is 32.0 Å². The van der Waals surface area contributed by atoms with Crippen molar-refractivity contribution in [2.45, 2.75) is 38.9 Å². The zero-order valence-corrected chi connectivity index (χ0v) is 23.7. The largest absolute Gasteiger partial charge is 0.463 e. The number of nitriles is 1. The van der Waals surface area contributed by atoms with Gasteiger partial charge in [0.05, 0.1) is 47.0 Å². The number of halogens is 3. The molecule has 0 spiro atoms. The Bertz CT molecular complexity index is 1790. The molecule has 0 radical (unpaired) electrons. The van der Waals surface area contributed by atoms with Gasteiger partial charge in [-0.05, 0) is 54.0 Å². The van der Waals surface area contributed by atoms with Crippen LogP contribution in [0.15, 0.2) is 30.2 Å². The number of ether oxygens (including phenoxy) is 2. The van der Waals surface area contributed by atoms with Crippen molar-refractivity contribution in [3.05, 3.63) is 57.8 Å². The summed E-state index contributed by atoms with van der Waals surface area (Å²) in [5.41, 5.74) is 10.8. The lowest BCUT2D eigenvalue weighted by Crippen LogP contribution is -2.37. The fourth-order valence-corrected chi connectivity index (χ4v) is 7.39. The van der Waals surface area contributed by atoms with E-state index in [9.17, 15) is 14.0 Å². The topological polar surface area (TPSA) is 97.3 Å². The van der Waals surface area contributed by atoms with Gasteiger partial charge in [-0.3, -0.25) is 0 Å². The monoisotopic (exact) mass is 593 g/mol. The summed E-state index contributed by atoms with van der Waals surface area (Å²) in [4.78, 5) is 11.6. The van der Waals surface area contributed by atoms with E-state index in [0.717, 1.165) is 85.1 Å². The number of thiophene rings is 1. The summed E-state index contributed by atoms with van der Waals surface area (Å²) in [5.74, 6) is -0.442. The second kappa shape index (κ2) is 10.2. The number of likely N-dealkylation sites (tertiary alicyclic amines) is 1. The van der Waals surface area contributed by atoms with E-state index in [-0.39, 0.29) is 22.0 Å². The molecule has 3 aliphatic rings. The summed E-state index contributed by atoms with van der Waals surface area (Å²) in [6, 6.07) is 5.38. The van der Waals surface area contributed by atoms with Crippen molar-refractivity contribution in [3.8, 4) is 23.2 Å². The van der Waals surface area contributed by atoms with Crippen LogP contribution in [0.5, 0.6) is 6.01 Å². The molecule has 11 heteroatoms. The van der Waals surface area contributed by atoms with E-state index in [1.807, 2.05) is 0 Å². The lowest BCUT2D eigenvalue weighted by atomic mass is 9.91. The smallest absolute Gasteiger partial charge is 0.316 e. The van der Waals surface area contributed by atoms with Gasteiger partial charge in [0, 0.05) is 47.6 Å². The van der Waals surface area contributed by atoms with Crippen molar-refractivity contribution < 1.29 is 18.3 Å². The number of anilines is 1. The molecule has 2 aromatic carbocycles. The summed E-state index contributed by atoms with van der Waals surface area (Å²) < 4.78 is 39.9. The van der Waals surface area contributed by atoms with Gasteiger partial charge < -0.3 is 20.1 Å². The van der Waals surface area contributed by atoms with Crippen molar-refractivity contribution >= 4 is 48.9 Å². The van der Waals surface area contributed by atoms with Gasteiger partial charge in [-0.1, -0.05) is 17.7 Å². The van der Waals surface area contributed by atoms with E-state index >= 15 is 0 Å². The van der Waals surface area contributed by atoms with Gasteiger partial charge in [0.15, 0.2) is 0 Å². The number of nitrogens with two attached hydrogens (primary N) is 1. The summed E-state index contributed by atoms with van der Waals surface area (Å²) in [6.07, 6.45) is 6.13. The number of nitrogens with zero attached hydrogens (tertiary/aromatic N) is 4. The number of nitrogen functional groups attached to an aromatic ring is 1. The first kappa shape index (κ1) is 26.5. The Kier molecular flexibility index (Phi) is 6.58. The molecule has 0 atom stereocenters. The molecule has 41 heavy (non-hydrogen) atoms. The molecule has 0 unspecified atom stereocenters. The molecule has 4 heterocycles. The van der Waals surface area contributed by atoms with Gasteiger partial charge in [0.25, 0.3) is 0 Å². The maximum absolute atomic E-state index is 14.8. The predicted molar refractivity (Wildman–Crippen MR) is 155 cm³/mol. The molecule has 2 fully saturated rings. The van der Waals surface area contributed by atoms with Crippen LogP contribution in [0.2, 0.25) is 5.02 Å². The Balaban J connectivity index is 1.24. The first-order valence-electron chi connectivity index (χ1n) is 13.5. The Labute approximate surface area is 244 Å². The number of benzene rings is 2. The highest BCUT2D eigenvalue weighted by Crippen LogP contribution is 2.49. The molecule has 0 bridgehead atoms. The van der Waals surface area contributed by atoms with E-state index in [4.69, 9.17) is 31.8 Å². The summed E-state index contributed by atoms with van der Waals surface area (Å²) >= 11 is 8.14. The normalized spacial score (nSPS) is 18.0.